The highest BCUT2D eigenvalue weighted by molar-refractivity contribution is 7.92. The van der Waals surface area contributed by atoms with Crippen LogP contribution in [0, 0.1) is 5.82 Å². The van der Waals surface area contributed by atoms with Crippen molar-refractivity contribution in [3.05, 3.63) is 51.7 Å². The van der Waals surface area contributed by atoms with Crippen molar-refractivity contribution in [2.24, 2.45) is 0 Å². The number of carbonyl (C=O) groups is 1. The van der Waals surface area contributed by atoms with E-state index in [0.717, 1.165) is 28.0 Å². The Morgan fingerprint density at radius 3 is 2.47 bits per heavy atom. The molecule has 0 saturated carbocycles. The summed E-state index contributed by atoms with van der Waals surface area (Å²) in [6, 6.07) is 4.27. The normalized spacial score (nSPS) is 18.5. The zero-order valence-corrected chi connectivity index (χ0v) is 19.7. The van der Waals surface area contributed by atoms with Crippen LogP contribution < -0.4 is 4.72 Å². The number of fused-ring (bicyclic) bond motifs is 1. The quantitative estimate of drug-likeness (QED) is 0.698. The van der Waals surface area contributed by atoms with Gasteiger partial charge in [-0.05, 0) is 77.4 Å². The molecule has 0 fully saturated rings. The Morgan fingerprint density at radius 2 is 1.93 bits per heavy atom. The highest BCUT2D eigenvalue weighted by Gasteiger charge is 2.43. The second-order valence-corrected chi connectivity index (χ2v) is 12.3. The van der Waals surface area contributed by atoms with Crippen LogP contribution >= 0.6 is 11.3 Å². The van der Waals surface area contributed by atoms with Gasteiger partial charge < -0.3 is 5.11 Å². The molecule has 0 saturated heterocycles. The van der Waals surface area contributed by atoms with Crippen LogP contribution in [0.2, 0.25) is 0 Å². The monoisotopic (exact) mass is 453 g/mol. The van der Waals surface area contributed by atoms with Crippen LogP contribution in [-0.4, -0.2) is 19.4 Å². The SMILES string of the molecule is CC(C)c1cc(F)cc2c1C(C(=O)NS(=O)(=O)c1cc(C(C)(C)O)cs1)CC2(C)C. The Kier molecular flexibility index (Phi) is 5.67. The Labute approximate surface area is 181 Å². The largest absolute Gasteiger partial charge is 0.386 e. The van der Waals surface area contributed by atoms with Crippen LogP contribution in [0.25, 0.3) is 0 Å². The third-order valence-electron chi connectivity index (χ3n) is 5.69. The lowest BCUT2D eigenvalue weighted by atomic mass is 9.85. The van der Waals surface area contributed by atoms with Gasteiger partial charge in [-0.15, -0.1) is 11.3 Å². The molecule has 1 aromatic heterocycles. The van der Waals surface area contributed by atoms with E-state index in [1.54, 1.807) is 19.2 Å². The lowest BCUT2D eigenvalue weighted by molar-refractivity contribution is -0.121. The molecule has 1 aliphatic rings. The summed E-state index contributed by atoms with van der Waals surface area (Å²) < 4.78 is 42.0. The number of hydrogen-bond donors (Lipinski definition) is 2. The highest BCUT2D eigenvalue weighted by Crippen LogP contribution is 2.49. The van der Waals surface area contributed by atoms with Gasteiger partial charge in [0.25, 0.3) is 10.0 Å². The molecule has 164 valence electrons. The molecule has 0 bridgehead atoms. The average molecular weight is 454 g/mol. The summed E-state index contributed by atoms with van der Waals surface area (Å²) in [5, 5.41) is 11.7. The van der Waals surface area contributed by atoms with Crippen molar-refractivity contribution in [3.63, 3.8) is 0 Å². The van der Waals surface area contributed by atoms with E-state index in [1.165, 1.54) is 18.2 Å². The number of thiophene rings is 1. The van der Waals surface area contributed by atoms with E-state index in [0.29, 0.717) is 12.0 Å². The van der Waals surface area contributed by atoms with Gasteiger partial charge in [-0.2, -0.15) is 0 Å². The molecular weight excluding hydrogens is 425 g/mol. The summed E-state index contributed by atoms with van der Waals surface area (Å²) in [5.41, 5.74) is 1.04. The van der Waals surface area contributed by atoms with Crippen LogP contribution in [0.5, 0.6) is 0 Å². The second kappa shape index (κ2) is 7.43. The van der Waals surface area contributed by atoms with Crippen molar-refractivity contribution in [2.45, 2.75) is 75.0 Å². The van der Waals surface area contributed by atoms with Crippen molar-refractivity contribution in [2.75, 3.05) is 0 Å². The average Bonchev–Trinajstić information content (AvgIpc) is 3.18. The molecule has 5 nitrogen and oxygen atoms in total. The molecule has 8 heteroatoms. The Bertz CT molecular complexity index is 1090. The fourth-order valence-electron chi connectivity index (χ4n) is 4.04. The standard InChI is InChI=1S/C22H28FNO4S2/c1-12(2)15-8-14(23)9-17-19(15)16(10-21(17,3)4)20(25)24-30(27,28)18-7-13(11-29-18)22(5,6)26/h7-9,11-12,16,26H,10H2,1-6H3,(H,24,25). The Balaban J connectivity index is 1.97. The van der Waals surface area contributed by atoms with Gasteiger partial charge in [-0.1, -0.05) is 27.7 Å². The number of aliphatic hydroxyl groups is 1. The van der Waals surface area contributed by atoms with E-state index >= 15 is 0 Å². The van der Waals surface area contributed by atoms with Gasteiger partial charge in [-0.3, -0.25) is 4.79 Å². The van der Waals surface area contributed by atoms with E-state index in [2.05, 4.69) is 4.72 Å². The third kappa shape index (κ3) is 4.18. The first-order valence-corrected chi connectivity index (χ1v) is 12.2. The number of nitrogens with one attached hydrogen (secondary N) is 1. The molecule has 2 aromatic rings. The molecule has 3 rings (SSSR count). The van der Waals surface area contributed by atoms with E-state index in [4.69, 9.17) is 0 Å². The van der Waals surface area contributed by atoms with Crippen molar-refractivity contribution >= 4 is 27.3 Å². The predicted molar refractivity (Wildman–Crippen MR) is 116 cm³/mol. The maximum absolute atomic E-state index is 14.2. The van der Waals surface area contributed by atoms with Gasteiger partial charge in [0.2, 0.25) is 5.91 Å². The fraction of sp³-hybridized carbons (Fsp3) is 0.500. The van der Waals surface area contributed by atoms with Crippen molar-refractivity contribution in [1.29, 1.82) is 0 Å². The van der Waals surface area contributed by atoms with Crippen LogP contribution in [0.3, 0.4) is 0 Å². The summed E-state index contributed by atoms with van der Waals surface area (Å²) in [4.78, 5) is 13.1. The maximum atomic E-state index is 14.2. The summed E-state index contributed by atoms with van der Waals surface area (Å²) in [5.74, 6) is -1.66. The van der Waals surface area contributed by atoms with E-state index in [-0.39, 0.29) is 15.9 Å². The number of halogens is 1. The molecule has 1 aromatic carbocycles. The van der Waals surface area contributed by atoms with E-state index in [9.17, 15) is 22.7 Å². The number of amides is 1. The van der Waals surface area contributed by atoms with E-state index < -0.39 is 32.9 Å². The molecule has 0 radical (unpaired) electrons. The molecule has 1 atom stereocenters. The third-order valence-corrected chi connectivity index (χ3v) is 8.48. The molecular formula is C22H28FNO4S2. The zero-order valence-electron chi connectivity index (χ0n) is 18.0. The lowest BCUT2D eigenvalue weighted by Gasteiger charge is -2.20. The van der Waals surface area contributed by atoms with Gasteiger partial charge in [-0.25, -0.2) is 17.5 Å². The number of carbonyl (C=O) groups excluding carboxylic acids is 1. The summed E-state index contributed by atoms with van der Waals surface area (Å²) >= 11 is 0.951. The summed E-state index contributed by atoms with van der Waals surface area (Å²) in [6.45, 7) is 10.9. The van der Waals surface area contributed by atoms with Gasteiger partial charge in [0.15, 0.2) is 0 Å². The first-order chi connectivity index (χ1) is 13.6. The molecule has 1 unspecified atom stereocenters. The second-order valence-electron chi connectivity index (χ2n) is 9.43. The van der Waals surface area contributed by atoms with Gasteiger partial charge in [0, 0.05) is 0 Å². The van der Waals surface area contributed by atoms with E-state index in [1.807, 2.05) is 27.7 Å². The summed E-state index contributed by atoms with van der Waals surface area (Å²) in [6.07, 6.45) is 0.395. The Morgan fingerprint density at radius 1 is 1.30 bits per heavy atom. The Hall–Kier alpha value is -1.77. The van der Waals surface area contributed by atoms with Crippen LogP contribution in [0.4, 0.5) is 4.39 Å². The molecule has 1 amide bonds. The molecule has 2 N–H and O–H groups in total. The minimum atomic E-state index is -4.08. The van der Waals surface area contributed by atoms with Crippen LogP contribution in [0.15, 0.2) is 27.8 Å². The first kappa shape index (κ1) is 22.9. The van der Waals surface area contributed by atoms with Crippen molar-refractivity contribution in [3.8, 4) is 0 Å². The highest BCUT2D eigenvalue weighted by atomic mass is 32.2. The minimum absolute atomic E-state index is 0.0121. The maximum Gasteiger partial charge on any atom is 0.273 e. The minimum Gasteiger partial charge on any atom is -0.386 e. The van der Waals surface area contributed by atoms with Crippen LogP contribution in [0.1, 0.15) is 82.1 Å². The van der Waals surface area contributed by atoms with Gasteiger partial charge >= 0.3 is 0 Å². The number of sulfonamides is 1. The number of hydrogen-bond acceptors (Lipinski definition) is 5. The summed E-state index contributed by atoms with van der Waals surface area (Å²) in [7, 11) is -4.08. The molecule has 0 aliphatic heterocycles. The molecule has 1 aliphatic carbocycles. The first-order valence-electron chi connectivity index (χ1n) is 9.85. The smallest absolute Gasteiger partial charge is 0.273 e. The zero-order chi connectivity index (χ0) is 22.6. The topological polar surface area (TPSA) is 83.5 Å². The molecule has 30 heavy (non-hydrogen) atoms. The molecule has 0 spiro atoms. The van der Waals surface area contributed by atoms with Gasteiger partial charge in [0.05, 0.1) is 11.5 Å². The number of rotatable bonds is 5. The molecule has 1 heterocycles. The van der Waals surface area contributed by atoms with Crippen molar-refractivity contribution in [1.82, 2.24) is 4.72 Å². The number of benzene rings is 1. The van der Waals surface area contributed by atoms with Gasteiger partial charge in [0.1, 0.15) is 10.0 Å². The fourth-order valence-corrected chi connectivity index (χ4v) is 6.40. The van der Waals surface area contributed by atoms with Crippen LogP contribution in [-0.2, 0) is 25.8 Å². The lowest BCUT2D eigenvalue weighted by Crippen LogP contribution is -2.34. The predicted octanol–water partition coefficient (Wildman–Crippen LogP) is 4.51. The van der Waals surface area contributed by atoms with Crippen molar-refractivity contribution < 1.29 is 22.7 Å².